The zero-order valence-corrected chi connectivity index (χ0v) is 16.1. The van der Waals surface area contributed by atoms with Gasteiger partial charge in [-0.05, 0) is 54.1 Å². The molecule has 6 nitrogen and oxygen atoms in total. The van der Waals surface area contributed by atoms with Crippen molar-refractivity contribution in [3.63, 3.8) is 0 Å². The van der Waals surface area contributed by atoms with Crippen molar-refractivity contribution < 1.29 is 17.9 Å². The molecule has 0 unspecified atom stereocenters. The minimum atomic E-state index is -3.68. The van der Waals surface area contributed by atoms with E-state index in [0.717, 1.165) is 5.56 Å². The van der Waals surface area contributed by atoms with Crippen molar-refractivity contribution in [2.75, 3.05) is 5.32 Å². The summed E-state index contributed by atoms with van der Waals surface area (Å²) in [6.07, 6.45) is 0. The Morgan fingerprint density at radius 3 is 2.25 bits per heavy atom. The molecule has 0 spiro atoms. The normalized spacial score (nSPS) is 11.0. The molecule has 144 valence electrons. The number of anilines is 1. The van der Waals surface area contributed by atoms with E-state index in [4.69, 9.17) is 4.74 Å². The average molecular weight is 396 g/mol. The van der Waals surface area contributed by atoms with Crippen molar-refractivity contribution in [1.29, 1.82) is 0 Å². The van der Waals surface area contributed by atoms with Gasteiger partial charge in [-0.15, -0.1) is 0 Å². The van der Waals surface area contributed by atoms with Crippen LogP contribution >= 0.6 is 0 Å². The van der Waals surface area contributed by atoms with Gasteiger partial charge >= 0.3 is 0 Å². The Balaban J connectivity index is 1.65. The summed E-state index contributed by atoms with van der Waals surface area (Å²) in [5, 5.41) is 2.60. The summed E-state index contributed by atoms with van der Waals surface area (Å²) in [6, 6.07) is 22.6. The fraction of sp³-hybridized carbons (Fsp3) is 0.0952. The van der Waals surface area contributed by atoms with Crippen LogP contribution in [0.25, 0.3) is 0 Å². The highest BCUT2D eigenvalue weighted by Gasteiger charge is 2.14. The van der Waals surface area contributed by atoms with E-state index in [2.05, 4.69) is 10.0 Å². The van der Waals surface area contributed by atoms with Gasteiger partial charge in [-0.2, -0.15) is 0 Å². The number of nitrogens with one attached hydrogen (secondary N) is 2. The summed E-state index contributed by atoms with van der Waals surface area (Å²) < 4.78 is 33.3. The molecule has 0 aliphatic heterocycles. The molecule has 0 bridgehead atoms. The molecule has 3 aromatic carbocycles. The second kappa shape index (κ2) is 8.69. The smallest absolute Gasteiger partial charge is 0.240 e. The van der Waals surface area contributed by atoms with Crippen molar-refractivity contribution in [3.8, 4) is 11.5 Å². The predicted octanol–water partition coefficient (Wildman–Crippen LogP) is 3.92. The van der Waals surface area contributed by atoms with E-state index >= 15 is 0 Å². The summed E-state index contributed by atoms with van der Waals surface area (Å²) in [5.74, 6) is 1.12. The standard InChI is InChI=1S/C21H20N2O4S/c1-16(24)23-18-10-12-21(13-11-18)28(25,26)22-15-17-6-5-9-20(14-17)27-19-7-3-2-4-8-19/h2-14,22H,15H2,1H3,(H,23,24). The summed E-state index contributed by atoms with van der Waals surface area (Å²) in [6.45, 7) is 1.52. The van der Waals surface area contributed by atoms with Crippen LogP contribution in [0.15, 0.2) is 83.8 Å². The number of hydrogen-bond acceptors (Lipinski definition) is 4. The molecule has 28 heavy (non-hydrogen) atoms. The van der Waals surface area contributed by atoms with E-state index in [0.29, 0.717) is 17.2 Å². The molecule has 3 rings (SSSR count). The fourth-order valence-electron chi connectivity index (χ4n) is 2.53. The first-order chi connectivity index (χ1) is 13.4. The number of carbonyl (C=O) groups is 1. The van der Waals surface area contributed by atoms with Crippen LogP contribution in [-0.2, 0) is 21.4 Å². The van der Waals surface area contributed by atoms with Crippen molar-refractivity contribution in [3.05, 3.63) is 84.4 Å². The molecule has 0 aromatic heterocycles. The Labute approximate surface area is 164 Å². The summed E-state index contributed by atoms with van der Waals surface area (Å²) in [5.41, 5.74) is 1.31. The third kappa shape index (κ3) is 5.42. The number of carbonyl (C=O) groups excluding carboxylic acids is 1. The van der Waals surface area contributed by atoms with Gasteiger partial charge in [-0.25, -0.2) is 13.1 Å². The molecular formula is C21H20N2O4S. The number of hydrogen-bond donors (Lipinski definition) is 2. The van der Waals surface area contributed by atoms with Crippen LogP contribution in [0.5, 0.6) is 11.5 Å². The number of benzene rings is 3. The van der Waals surface area contributed by atoms with E-state index in [1.807, 2.05) is 48.5 Å². The quantitative estimate of drug-likeness (QED) is 0.634. The number of rotatable bonds is 7. The first-order valence-electron chi connectivity index (χ1n) is 8.61. The Morgan fingerprint density at radius 2 is 1.57 bits per heavy atom. The summed E-state index contributed by atoms with van der Waals surface area (Å²) in [7, 11) is -3.68. The second-order valence-corrected chi connectivity index (χ2v) is 7.86. The Kier molecular flexibility index (Phi) is 6.08. The van der Waals surface area contributed by atoms with Crippen molar-refractivity contribution in [1.82, 2.24) is 4.72 Å². The average Bonchev–Trinajstić information content (AvgIpc) is 2.68. The lowest BCUT2D eigenvalue weighted by Crippen LogP contribution is -2.23. The molecular weight excluding hydrogens is 376 g/mol. The molecule has 0 atom stereocenters. The van der Waals surface area contributed by atoms with E-state index in [1.54, 1.807) is 18.2 Å². The van der Waals surface area contributed by atoms with Crippen LogP contribution in [0.1, 0.15) is 12.5 Å². The third-order valence-corrected chi connectivity index (χ3v) is 5.25. The predicted molar refractivity (Wildman–Crippen MR) is 108 cm³/mol. The molecule has 0 fully saturated rings. The highest BCUT2D eigenvalue weighted by Crippen LogP contribution is 2.22. The van der Waals surface area contributed by atoms with Gasteiger partial charge in [0, 0.05) is 19.2 Å². The Bertz CT molecular complexity index is 1050. The van der Waals surface area contributed by atoms with Gasteiger partial charge in [0.15, 0.2) is 0 Å². The van der Waals surface area contributed by atoms with Crippen molar-refractivity contribution in [2.45, 2.75) is 18.4 Å². The molecule has 3 aromatic rings. The summed E-state index contributed by atoms with van der Waals surface area (Å²) >= 11 is 0. The minimum absolute atomic E-state index is 0.123. The SMILES string of the molecule is CC(=O)Nc1ccc(S(=O)(=O)NCc2cccc(Oc3ccccc3)c2)cc1. The third-order valence-electron chi connectivity index (χ3n) is 3.83. The zero-order chi connectivity index (χ0) is 20.0. The molecule has 0 aliphatic rings. The van der Waals surface area contributed by atoms with Gasteiger partial charge in [0.25, 0.3) is 0 Å². The lowest BCUT2D eigenvalue weighted by Gasteiger charge is -2.10. The van der Waals surface area contributed by atoms with Crippen molar-refractivity contribution in [2.24, 2.45) is 0 Å². The molecule has 0 heterocycles. The van der Waals surface area contributed by atoms with E-state index in [9.17, 15) is 13.2 Å². The van der Waals surface area contributed by atoms with Crippen LogP contribution in [0.4, 0.5) is 5.69 Å². The van der Waals surface area contributed by atoms with E-state index in [-0.39, 0.29) is 17.3 Å². The van der Waals surface area contributed by atoms with Crippen molar-refractivity contribution >= 4 is 21.6 Å². The maximum absolute atomic E-state index is 12.5. The maximum Gasteiger partial charge on any atom is 0.240 e. The molecule has 1 amide bonds. The molecule has 0 saturated carbocycles. The Hall–Kier alpha value is -3.16. The van der Waals surface area contributed by atoms with Gasteiger partial charge in [0.1, 0.15) is 11.5 Å². The number of para-hydroxylation sites is 1. The van der Waals surface area contributed by atoms with Crippen LogP contribution in [0.2, 0.25) is 0 Å². The fourth-order valence-corrected chi connectivity index (χ4v) is 3.54. The van der Waals surface area contributed by atoms with Gasteiger partial charge in [0.05, 0.1) is 4.90 Å². The lowest BCUT2D eigenvalue weighted by atomic mass is 10.2. The first kappa shape index (κ1) is 19.6. The van der Waals surface area contributed by atoms with Crippen LogP contribution in [0.3, 0.4) is 0 Å². The molecule has 0 saturated heterocycles. The highest BCUT2D eigenvalue weighted by molar-refractivity contribution is 7.89. The molecule has 7 heteroatoms. The Morgan fingerprint density at radius 1 is 0.893 bits per heavy atom. The monoisotopic (exact) mass is 396 g/mol. The van der Waals surface area contributed by atoms with Crippen LogP contribution in [0, 0.1) is 0 Å². The van der Waals surface area contributed by atoms with Crippen LogP contribution < -0.4 is 14.8 Å². The lowest BCUT2D eigenvalue weighted by molar-refractivity contribution is -0.114. The second-order valence-electron chi connectivity index (χ2n) is 6.09. The largest absolute Gasteiger partial charge is 0.457 e. The van der Waals surface area contributed by atoms with Crippen LogP contribution in [-0.4, -0.2) is 14.3 Å². The zero-order valence-electron chi connectivity index (χ0n) is 15.3. The topological polar surface area (TPSA) is 84.5 Å². The molecule has 2 N–H and O–H groups in total. The number of sulfonamides is 1. The van der Waals surface area contributed by atoms with Gasteiger partial charge in [0.2, 0.25) is 15.9 Å². The summed E-state index contributed by atoms with van der Waals surface area (Å²) in [4.78, 5) is 11.2. The van der Waals surface area contributed by atoms with Gasteiger partial charge in [-0.3, -0.25) is 4.79 Å². The highest BCUT2D eigenvalue weighted by atomic mass is 32.2. The first-order valence-corrected chi connectivity index (χ1v) is 10.1. The number of amides is 1. The van der Waals surface area contributed by atoms with Gasteiger partial charge < -0.3 is 10.1 Å². The van der Waals surface area contributed by atoms with E-state index in [1.165, 1.54) is 19.1 Å². The molecule has 0 aliphatic carbocycles. The van der Waals surface area contributed by atoms with E-state index < -0.39 is 10.0 Å². The minimum Gasteiger partial charge on any atom is -0.457 e. The maximum atomic E-state index is 12.5. The van der Waals surface area contributed by atoms with Gasteiger partial charge in [-0.1, -0.05) is 30.3 Å². The number of ether oxygens (including phenoxy) is 1. The molecule has 0 radical (unpaired) electrons.